The zero-order valence-corrected chi connectivity index (χ0v) is 39.8. The summed E-state index contributed by atoms with van der Waals surface area (Å²) in [5.41, 5.74) is 1.65. The molecule has 1 aromatic rings. The first-order valence-electron chi connectivity index (χ1n) is 25.7. The average Bonchev–Trinajstić information content (AvgIpc) is 3.20. The monoisotopic (exact) mass is 801 g/mol. The molecule has 0 saturated heterocycles. The second kappa shape index (κ2) is 45.0. The summed E-state index contributed by atoms with van der Waals surface area (Å²) in [6.07, 6.45) is 60.8. The average molecular weight is 802 g/mol. The molecule has 0 saturated carbocycles. The highest BCUT2D eigenvalue weighted by Gasteiger charge is 2.09. The van der Waals surface area contributed by atoms with Crippen LogP contribution >= 0.6 is 23.5 Å². The van der Waals surface area contributed by atoms with Gasteiger partial charge in [0.2, 0.25) is 0 Å². The minimum Gasteiger partial charge on any atom is -0.126 e. The number of benzene rings is 1. The second-order valence-electron chi connectivity index (χ2n) is 17.6. The van der Waals surface area contributed by atoms with Crippen LogP contribution in [0.3, 0.4) is 0 Å². The van der Waals surface area contributed by atoms with Crippen molar-refractivity contribution in [2.75, 3.05) is 11.5 Å². The van der Waals surface area contributed by atoms with Gasteiger partial charge in [0.05, 0.1) is 0 Å². The molecular weight excluding hydrogens is 701 g/mol. The van der Waals surface area contributed by atoms with Crippen LogP contribution in [0.25, 0.3) is 0 Å². The van der Waals surface area contributed by atoms with Gasteiger partial charge in [-0.25, -0.2) is 0 Å². The summed E-state index contributed by atoms with van der Waals surface area (Å²) in [5, 5.41) is 0. The van der Waals surface area contributed by atoms with E-state index in [4.69, 9.17) is 0 Å². The molecule has 0 aliphatic rings. The van der Waals surface area contributed by atoms with Crippen molar-refractivity contribution < 1.29 is 0 Å². The van der Waals surface area contributed by atoms with Crippen molar-refractivity contribution in [2.24, 2.45) is 0 Å². The Kier molecular flexibility index (Phi) is 43.3. The normalized spacial score (nSPS) is 11.6. The largest absolute Gasteiger partial charge is 0.126 e. The fraction of sp³-hybridized carbons (Fsp3) is 0.887. The van der Waals surface area contributed by atoms with E-state index in [1.54, 1.807) is 15.4 Å². The highest BCUT2D eigenvalue weighted by Crippen LogP contribution is 2.34. The van der Waals surface area contributed by atoms with E-state index in [1.807, 2.05) is 0 Å². The van der Waals surface area contributed by atoms with E-state index in [9.17, 15) is 0 Å². The minimum absolute atomic E-state index is 1.24. The van der Waals surface area contributed by atoms with Gasteiger partial charge in [0.1, 0.15) is 0 Å². The van der Waals surface area contributed by atoms with Crippen molar-refractivity contribution in [3.63, 3.8) is 0 Å². The number of hydrogen-bond acceptors (Lipinski definition) is 2. The van der Waals surface area contributed by atoms with Crippen molar-refractivity contribution in [2.45, 2.75) is 300 Å². The number of hydrogen-bond donors (Lipinski definition) is 0. The Hall–Kier alpha value is -0.0800. The number of rotatable bonds is 46. The van der Waals surface area contributed by atoms with Crippen LogP contribution in [0.5, 0.6) is 0 Å². The number of unbranched alkanes of at least 4 members (excludes halogenated alkanes) is 38. The fourth-order valence-electron chi connectivity index (χ4n) is 8.39. The van der Waals surface area contributed by atoms with E-state index in [0.29, 0.717) is 0 Å². The van der Waals surface area contributed by atoms with Gasteiger partial charge in [-0.2, -0.15) is 0 Å². The van der Waals surface area contributed by atoms with Crippen LogP contribution in [0.15, 0.2) is 28.0 Å². The van der Waals surface area contributed by atoms with Crippen LogP contribution in [0, 0.1) is 0 Å². The molecule has 55 heavy (non-hydrogen) atoms. The zero-order valence-electron chi connectivity index (χ0n) is 38.2. The quantitative estimate of drug-likeness (QED) is 0.0476. The summed E-state index contributed by atoms with van der Waals surface area (Å²) in [6.45, 7) is 6.98. The Morgan fingerprint density at radius 2 is 0.491 bits per heavy atom. The molecule has 0 atom stereocenters. The molecule has 0 heterocycles. The van der Waals surface area contributed by atoms with Gasteiger partial charge >= 0.3 is 0 Å². The fourth-order valence-corrected chi connectivity index (χ4v) is 10.7. The summed E-state index contributed by atoms with van der Waals surface area (Å²) in [5.74, 6) is 2.59. The van der Waals surface area contributed by atoms with E-state index in [-0.39, 0.29) is 0 Å². The molecule has 2 heteroatoms. The van der Waals surface area contributed by atoms with Crippen molar-refractivity contribution in [3.8, 4) is 0 Å². The molecule has 0 radical (unpaired) electrons. The zero-order chi connectivity index (χ0) is 39.4. The molecule has 0 bridgehead atoms. The standard InChI is InChI=1S/C53H100S2/c1-4-7-9-11-13-15-17-19-21-23-25-27-29-31-33-35-37-39-41-43-49-54-52-47-45-48-53(51(52)46-6-3)55-50-44-42-40-38-36-34-32-30-28-26-24-22-20-18-16-14-12-10-8-5-2/h45,47-48H,4-44,46,49-50H2,1-3H3. The van der Waals surface area contributed by atoms with Crippen LogP contribution in [0.4, 0.5) is 0 Å². The molecule has 324 valence electrons. The van der Waals surface area contributed by atoms with Crippen molar-refractivity contribution in [3.05, 3.63) is 23.8 Å². The summed E-state index contributed by atoms with van der Waals surface area (Å²) < 4.78 is 0. The van der Waals surface area contributed by atoms with Gasteiger partial charge in [0.15, 0.2) is 0 Å². The van der Waals surface area contributed by atoms with E-state index in [1.165, 1.54) is 281 Å². The smallest absolute Gasteiger partial charge is 0.0115 e. The van der Waals surface area contributed by atoms with E-state index in [2.05, 4.69) is 62.5 Å². The lowest BCUT2D eigenvalue weighted by Crippen LogP contribution is -1.94. The Bertz CT molecular complexity index is 800. The van der Waals surface area contributed by atoms with Gasteiger partial charge < -0.3 is 0 Å². The van der Waals surface area contributed by atoms with Gasteiger partial charge in [-0.3, -0.25) is 0 Å². The van der Waals surface area contributed by atoms with Gasteiger partial charge in [0.25, 0.3) is 0 Å². The summed E-state index contributed by atoms with van der Waals surface area (Å²) in [4.78, 5) is 3.15. The van der Waals surface area contributed by atoms with Crippen molar-refractivity contribution in [1.29, 1.82) is 0 Å². The Balaban J connectivity index is 1.94. The summed E-state index contributed by atoms with van der Waals surface area (Å²) in [6, 6.07) is 7.15. The minimum atomic E-state index is 1.24. The first kappa shape index (κ1) is 52.9. The molecule has 1 rings (SSSR count). The predicted octanol–water partition coefficient (Wildman–Crippen LogP) is 20.5. The molecule has 0 fully saturated rings. The highest BCUT2D eigenvalue weighted by atomic mass is 32.2. The Morgan fingerprint density at radius 1 is 0.273 bits per heavy atom. The molecule has 0 N–H and O–H groups in total. The lowest BCUT2D eigenvalue weighted by atomic mass is 10.0. The highest BCUT2D eigenvalue weighted by molar-refractivity contribution is 8.00. The van der Waals surface area contributed by atoms with Gasteiger partial charge in [-0.05, 0) is 48.5 Å². The van der Waals surface area contributed by atoms with Gasteiger partial charge in [-0.1, -0.05) is 277 Å². The van der Waals surface area contributed by atoms with Gasteiger partial charge in [-0.15, -0.1) is 23.5 Å². The Morgan fingerprint density at radius 3 is 0.709 bits per heavy atom. The molecule has 0 aliphatic carbocycles. The molecular formula is C53H100S2. The van der Waals surface area contributed by atoms with Crippen LogP contribution < -0.4 is 0 Å². The first-order valence-corrected chi connectivity index (χ1v) is 27.7. The van der Waals surface area contributed by atoms with Crippen LogP contribution in [0.2, 0.25) is 0 Å². The van der Waals surface area contributed by atoms with Crippen molar-refractivity contribution >= 4 is 23.5 Å². The molecule has 1 aromatic carbocycles. The SMILES string of the molecule is CCCCCCCCCCCCCCCCCCCCCCSc1cccc(SCCCCCCCCCCCCCCCCCCCCCC)c1CCC. The molecule has 0 nitrogen and oxygen atoms in total. The molecule has 0 amide bonds. The third kappa shape index (κ3) is 36.7. The third-order valence-corrected chi connectivity index (χ3v) is 14.5. The second-order valence-corrected chi connectivity index (χ2v) is 19.9. The van der Waals surface area contributed by atoms with Crippen LogP contribution in [-0.2, 0) is 6.42 Å². The summed E-state index contributed by atoms with van der Waals surface area (Å²) in [7, 11) is 0. The molecule has 0 unspecified atom stereocenters. The summed E-state index contributed by atoms with van der Waals surface area (Å²) >= 11 is 4.29. The van der Waals surface area contributed by atoms with Gasteiger partial charge in [0, 0.05) is 9.79 Å². The topological polar surface area (TPSA) is 0 Å². The third-order valence-electron chi connectivity index (χ3n) is 12.1. The van der Waals surface area contributed by atoms with E-state index < -0.39 is 0 Å². The molecule has 0 spiro atoms. The Labute approximate surface area is 357 Å². The van der Waals surface area contributed by atoms with Crippen molar-refractivity contribution in [1.82, 2.24) is 0 Å². The maximum Gasteiger partial charge on any atom is 0.0115 e. The number of thioether (sulfide) groups is 2. The van der Waals surface area contributed by atoms with E-state index in [0.717, 1.165) is 0 Å². The lowest BCUT2D eigenvalue weighted by molar-refractivity contribution is 0.523. The molecule has 0 aliphatic heterocycles. The lowest BCUT2D eigenvalue weighted by Gasteiger charge is -2.14. The van der Waals surface area contributed by atoms with Crippen LogP contribution in [0.1, 0.15) is 290 Å². The van der Waals surface area contributed by atoms with Crippen LogP contribution in [-0.4, -0.2) is 11.5 Å². The first-order chi connectivity index (χ1) is 27.3. The predicted molar refractivity (Wildman–Crippen MR) is 258 cm³/mol. The maximum absolute atomic E-state index is 2.41. The maximum atomic E-state index is 2.41. The molecule has 0 aromatic heterocycles. The van der Waals surface area contributed by atoms with E-state index >= 15 is 0 Å².